The minimum atomic E-state index is 0.750. The number of benzene rings is 2. The van der Waals surface area contributed by atoms with Crippen molar-refractivity contribution in [3.05, 3.63) is 46.9 Å². The van der Waals surface area contributed by atoms with Gasteiger partial charge in [0.1, 0.15) is 5.75 Å². The first kappa shape index (κ1) is 14.4. The predicted molar refractivity (Wildman–Crippen MR) is 92.8 cm³/mol. The summed E-state index contributed by atoms with van der Waals surface area (Å²) in [6.07, 6.45) is 1.02. The third-order valence-electron chi connectivity index (χ3n) is 2.93. The van der Waals surface area contributed by atoms with Crippen molar-refractivity contribution in [3.8, 4) is 5.75 Å². The van der Waals surface area contributed by atoms with Crippen LogP contribution >= 0.6 is 27.3 Å². The van der Waals surface area contributed by atoms with E-state index in [4.69, 9.17) is 4.74 Å². The van der Waals surface area contributed by atoms with Crippen LogP contribution in [0.5, 0.6) is 5.75 Å². The number of nitrogens with zero attached hydrogens (tertiary/aromatic N) is 1. The SMILES string of the molecule is CCCOc1ccc(Nc2nc3cc(Br)ccc3s2)cc1. The lowest BCUT2D eigenvalue weighted by atomic mass is 10.3. The van der Waals surface area contributed by atoms with Crippen LogP contribution in [-0.4, -0.2) is 11.6 Å². The number of nitrogens with one attached hydrogen (secondary N) is 1. The third-order valence-corrected chi connectivity index (χ3v) is 4.37. The summed E-state index contributed by atoms with van der Waals surface area (Å²) in [6.45, 7) is 2.85. The molecule has 0 unspecified atom stereocenters. The molecule has 0 fully saturated rings. The summed E-state index contributed by atoms with van der Waals surface area (Å²) in [5.74, 6) is 0.899. The van der Waals surface area contributed by atoms with Crippen molar-refractivity contribution in [1.82, 2.24) is 4.98 Å². The molecule has 0 atom stereocenters. The summed E-state index contributed by atoms with van der Waals surface area (Å²) in [7, 11) is 0. The highest BCUT2D eigenvalue weighted by Gasteiger charge is 2.04. The van der Waals surface area contributed by atoms with Crippen molar-refractivity contribution in [1.29, 1.82) is 0 Å². The molecule has 2 aromatic carbocycles. The topological polar surface area (TPSA) is 34.1 Å². The molecule has 3 aromatic rings. The van der Waals surface area contributed by atoms with Gasteiger partial charge in [-0.2, -0.15) is 0 Å². The molecule has 1 N–H and O–H groups in total. The Hall–Kier alpha value is -1.59. The molecule has 0 saturated carbocycles. The van der Waals surface area contributed by atoms with Gasteiger partial charge in [-0.15, -0.1) is 0 Å². The fourth-order valence-corrected chi connectivity index (χ4v) is 3.15. The van der Waals surface area contributed by atoms with Crippen LogP contribution in [0.2, 0.25) is 0 Å². The average molecular weight is 363 g/mol. The maximum atomic E-state index is 5.58. The lowest BCUT2D eigenvalue weighted by Crippen LogP contribution is -1.95. The minimum Gasteiger partial charge on any atom is -0.494 e. The van der Waals surface area contributed by atoms with Crippen molar-refractivity contribution >= 4 is 48.3 Å². The van der Waals surface area contributed by atoms with Gasteiger partial charge in [0, 0.05) is 10.2 Å². The molecule has 3 rings (SSSR count). The number of halogens is 1. The minimum absolute atomic E-state index is 0.750. The van der Waals surface area contributed by atoms with Gasteiger partial charge in [0.25, 0.3) is 0 Å². The van der Waals surface area contributed by atoms with Crippen molar-refractivity contribution in [2.45, 2.75) is 13.3 Å². The zero-order valence-corrected chi connectivity index (χ0v) is 14.0. The first-order valence-corrected chi connectivity index (χ1v) is 8.41. The lowest BCUT2D eigenvalue weighted by molar-refractivity contribution is 0.317. The second kappa shape index (κ2) is 6.45. The Labute approximate surface area is 136 Å². The first-order chi connectivity index (χ1) is 10.2. The Kier molecular flexibility index (Phi) is 4.41. The molecular formula is C16H15BrN2OS. The molecular weight excluding hydrogens is 348 g/mol. The van der Waals surface area contributed by atoms with Crippen LogP contribution in [-0.2, 0) is 0 Å². The van der Waals surface area contributed by atoms with E-state index in [1.54, 1.807) is 11.3 Å². The zero-order valence-electron chi connectivity index (χ0n) is 11.6. The van der Waals surface area contributed by atoms with E-state index >= 15 is 0 Å². The van der Waals surface area contributed by atoms with Crippen LogP contribution in [0, 0.1) is 0 Å². The fourth-order valence-electron chi connectivity index (χ4n) is 1.93. The Morgan fingerprint density at radius 2 is 2.00 bits per heavy atom. The molecule has 0 amide bonds. The Bertz CT molecular complexity index is 740. The second-order valence-corrected chi connectivity index (χ2v) is 6.58. The normalized spacial score (nSPS) is 10.8. The van der Waals surface area contributed by atoms with Gasteiger partial charge in [-0.1, -0.05) is 34.2 Å². The number of rotatable bonds is 5. The summed E-state index contributed by atoms with van der Waals surface area (Å²) in [5, 5.41) is 4.23. The molecule has 0 saturated heterocycles. The molecule has 0 aliphatic rings. The van der Waals surface area contributed by atoms with E-state index < -0.39 is 0 Å². The van der Waals surface area contributed by atoms with Gasteiger partial charge < -0.3 is 10.1 Å². The second-order valence-electron chi connectivity index (χ2n) is 4.63. The van der Waals surface area contributed by atoms with Crippen molar-refractivity contribution in [2.24, 2.45) is 0 Å². The van der Waals surface area contributed by atoms with Crippen molar-refractivity contribution in [2.75, 3.05) is 11.9 Å². The number of fused-ring (bicyclic) bond motifs is 1. The fraction of sp³-hybridized carbons (Fsp3) is 0.188. The number of aromatic nitrogens is 1. The standard InChI is InChI=1S/C16H15BrN2OS/c1-2-9-20-13-6-4-12(5-7-13)18-16-19-14-10-11(17)3-8-15(14)21-16/h3-8,10H,2,9H2,1H3,(H,18,19). The van der Waals surface area contributed by atoms with E-state index in [1.165, 1.54) is 4.70 Å². The molecule has 21 heavy (non-hydrogen) atoms. The van der Waals surface area contributed by atoms with Crippen LogP contribution in [0.25, 0.3) is 10.2 Å². The molecule has 5 heteroatoms. The Balaban J connectivity index is 1.75. The molecule has 1 heterocycles. The molecule has 0 radical (unpaired) electrons. The van der Waals surface area contributed by atoms with E-state index in [0.29, 0.717) is 0 Å². The van der Waals surface area contributed by atoms with Gasteiger partial charge in [0.2, 0.25) is 0 Å². The molecule has 0 bridgehead atoms. The summed E-state index contributed by atoms with van der Waals surface area (Å²) in [5.41, 5.74) is 2.01. The highest BCUT2D eigenvalue weighted by Crippen LogP contribution is 2.30. The highest BCUT2D eigenvalue weighted by molar-refractivity contribution is 9.10. The number of hydrogen-bond donors (Lipinski definition) is 1. The molecule has 108 valence electrons. The summed E-state index contributed by atoms with van der Waals surface area (Å²) in [6, 6.07) is 14.1. The maximum absolute atomic E-state index is 5.58. The largest absolute Gasteiger partial charge is 0.494 e. The molecule has 1 aromatic heterocycles. The van der Waals surface area contributed by atoms with E-state index in [0.717, 1.165) is 39.6 Å². The summed E-state index contributed by atoms with van der Waals surface area (Å²) in [4.78, 5) is 4.59. The number of hydrogen-bond acceptors (Lipinski definition) is 4. The molecule has 0 aliphatic heterocycles. The monoisotopic (exact) mass is 362 g/mol. The van der Waals surface area contributed by atoms with Gasteiger partial charge in [-0.25, -0.2) is 4.98 Å². The van der Waals surface area contributed by atoms with Crippen molar-refractivity contribution in [3.63, 3.8) is 0 Å². The number of thiazole rings is 1. The van der Waals surface area contributed by atoms with Crippen LogP contribution in [0.1, 0.15) is 13.3 Å². The third kappa shape index (κ3) is 3.54. The quantitative estimate of drug-likeness (QED) is 0.642. The van der Waals surface area contributed by atoms with E-state index in [1.807, 2.05) is 36.4 Å². The average Bonchev–Trinajstić information content (AvgIpc) is 2.88. The van der Waals surface area contributed by atoms with Gasteiger partial charge >= 0.3 is 0 Å². The van der Waals surface area contributed by atoms with Crippen LogP contribution in [0.15, 0.2) is 46.9 Å². The maximum Gasteiger partial charge on any atom is 0.188 e. The van der Waals surface area contributed by atoms with Crippen molar-refractivity contribution < 1.29 is 4.74 Å². The smallest absolute Gasteiger partial charge is 0.188 e. The van der Waals surface area contributed by atoms with Gasteiger partial charge in [0.05, 0.1) is 16.8 Å². The van der Waals surface area contributed by atoms with Gasteiger partial charge in [-0.3, -0.25) is 0 Å². The predicted octanol–water partition coefficient (Wildman–Crippen LogP) is 5.59. The summed E-state index contributed by atoms with van der Waals surface area (Å²) < 4.78 is 7.79. The molecule has 0 spiro atoms. The zero-order chi connectivity index (χ0) is 14.7. The first-order valence-electron chi connectivity index (χ1n) is 6.80. The van der Waals surface area contributed by atoms with E-state index in [-0.39, 0.29) is 0 Å². The van der Waals surface area contributed by atoms with Crippen LogP contribution < -0.4 is 10.1 Å². The molecule has 0 aliphatic carbocycles. The number of anilines is 2. The van der Waals surface area contributed by atoms with Crippen LogP contribution in [0.4, 0.5) is 10.8 Å². The van der Waals surface area contributed by atoms with E-state index in [9.17, 15) is 0 Å². The highest BCUT2D eigenvalue weighted by atomic mass is 79.9. The van der Waals surface area contributed by atoms with Gasteiger partial charge in [0.15, 0.2) is 5.13 Å². The van der Waals surface area contributed by atoms with Crippen LogP contribution in [0.3, 0.4) is 0 Å². The van der Waals surface area contributed by atoms with E-state index in [2.05, 4.69) is 39.2 Å². The van der Waals surface area contributed by atoms with Gasteiger partial charge in [-0.05, 0) is 48.9 Å². The summed E-state index contributed by atoms with van der Waals surface area (Å²) >= 11 is 5.11. The lowest BCUT2D eigenvalue weighted by Gasteiger charge is -2.06. The molecule has 3 nitrogen and oxygen atoms in total. The number of ether oxygens (including phenoxy) is 1. The Morgan fingerprint density at radius 3 is 2.76 bits per heavy atom. The Morgan fingerprint density at radius 1 is 1.19 bits per heavy atom.